The summed E-state index contributed by atoms with van der Waals surface area (Å²) in [6.07, 6.45) is 0.180. The van der Waals surface area contributed by atoms with E-state index in [-0.39, 0.29) is 11.9 Å². The number of anilines is 1. The first-order chi connectivity index (χ1) is 11.6. The van der Waals surface area contributed by atoms with E-state index in [1.807, 2.05) is 33.8 Å². The van der Waals surface area contributed by atoms with E-state index in [2.05, 4.69) is 18.7 Å². The molecule has 2 fully saturated rings. The monoisotopic (exact) mass is 349 g/mol. The van der Waals surface area contributed by atoms with Crippen molar-refractivity contribution in [1.82, 2.24) is 0 Å². The summed E-state index contributed by atoms with van der Waals surface area (Å²) in [5.74, 6) is 0.153. The Morgan fingerprint density at radius 2 is 1.80 bits per heavy atom. The van der Waals surface area contributed by atoms with Gasteiger partial charge in [0, 0.05) is 24.2 Å². The maximum Gasteiger partial charge on any atom is 0.497 e. The van der Waals surface area contributed by atoms with Crippen LogP contribution >= 0.6 is 0 Å². The van der Waals surface area contributed by atoms with E-state index in [1.54, 1.807) is 12.1 Å². The van der Waals surface area contributed by atoms with E-state index in [0.29, 0.717) is 18.0 Å². The van der Waals surface area contributed by atoms with Crippen LogP contribution < -0.4 is 10.4 Å². The zero-order valence-electron chi connectivity index (χ0n) is 16.1. The topological polar surface area (TPSA) is 30.9 Å². The minimum atomic E-state index is -0.674. The average molecular weight is 349 g/mol. The van der Waals surface area contributed by atoms with E-state index >= 15 is 0 Å². The van der Waals surface area contributed by atoms with Gasteiger partial charge in [-0.3, -0.25) is 0 Å². The Kier molecular flexibility index (Phi) is 4.90. The van der Waals surface area contributed by atoms with Gasteiger partial charge in [0.15, 0.2) is 0 Å². The summed E-state index contributed by atoms with van der Waals surface area (Å²) in [5.41, 5.74) is 0.386. The second kappa shape index (κ2) is 6.56. The molecule has 0 N–H and O–H groups in total. The first kappa shape index (κ1) is 18.7. The number of ether oxygens (including phenoxy) is 1. The van der Waals surface area contributed by atoms with E-state index in [9.17, 15) is 4.39 Å². The van der Waals surface area contributed by atoms with Gasteiger partial charge >= 0.3 is 7.12 Å². The molecule has 2 aliphatic heterocycles. The van der Waals surface area contributed by atoms with Crippen LogP contribution in [0.3, 0.4) is 0 Å². The second-order valence-electron chi connectivity index (χ2n) is 8.39. The lowest BCUT2D eigenvalue weighted by molar-refractivity contribution is 0.00578. The first-order valence-corrected chi connectivity index (χ1v) is 9.12. The van der Waals surface area contributed by atoms with Gasteiger partial charge in [0.25, 0.3) is 0 Å². The van der Waals surface area contributed by atoms with Gasteiger partial charge in [0.05, 0.1) is 23.9 Å². The van der Waals surface area contributed by atoms with E-state index in [1.165, 1.54) is 0 Å². The van der Waals surface area contributed by atoms with E-state index in [4.69, 9.17) is 14.0 Å². The number of halogens is 1. The highest BCUT2D eigenvalue weighted by Gasteiger charge is 2.52. The maximum absolute atomic E-state index is 14.8. The largest absolute Gasteiger partial charge is 0.497 e. The Bertz CT molecular complexity index is 619. The van der Waals surface area contributed by atoms with Crippen molar-refractivity contribution in [2.75, 3.05) is 24.6 Å². The molecule has 0 amide bonds. The van der Waals surface area contributed by atoms with Crippen molar-refractivity contribution < 1.29 is 18.4 Å². The van der Waals surface area contributed by atoms with Crippen molar-refractivity contribution in [2.24, 2.45) is 5.92 Å². The number of hydrogen-bond donors (Lipinski definition) is 0. The van der Waals surface area contributed by atoms with Crippen molar-refractivity contribution in [2.45, 2.75) is 58.8 Å². The van der Waals surface area contributed by atoms with Gasteiger partial charge in [0.2, 0.25) is 0 Å². The minimum absolute atomic E-state index is 0.180. The lowest BCUT2D eigenvalue weighted by Gasteiger charge is -2.36. The molecule has 0 aromatic heterocycles. The van der Waals surface area contributed by atoms with Crippen molar-refractivity contribution in [3.63, 3.8) is 0 Å². The Hall–Kier alpha value is -1.11. The Labute approximate surface area is 150 Å². The molecule has 0 radical (unpaired) electrons. The van der Waals surface area contributed by atoms with Crippen LogP contribution in [0.15, 0.2) is 18.2 Å². The third kappa shape index (κ3) is 3.57. The van der Waals surface area contributed by atoms with Gasteiger partial charge in [-0.05, 0) is 45.7 Å². The molecule has 2 heterocycles. The van der Waals surface area contributed by atoms with Gasteiger partial charge in [-0.15, -0.1) is 0 Å². The fraction of sp³-hybridized carbons (Fsp3) is 0.684. The summed E-state index contributed by atoms with van der Waals surface area (Å²) < 4.78 is 32.5. The van der Waals surface area contributed by atoms with Gasteiger partial charge < -0.3 is 18.9 Å². The quantitative estimate of drug-likeness (QED) is 0.785. The van der Waals surface area contributed by atoms with Crippen LogP contribution in [0.5, 0.6) is 0 Å². The van der Waals surface area contributed by atoms with Crippen LogP contribution in [0.1, 0.15) is 41.5 Å². The highest BCUT2D eigenvalue weighted by molar-refractivity contribution is 6.62. The van der Waals surface area contributed by atoms with Crippen LogP contribution in [0.2, 0.25) is 0 Å². The molecule has 138 valence electrons. The number of hydrogen-bond acceptors (Lipinski definition) is 4. The SMILES string of the molecule is CC(C)[C@H]1CN(c2ccc(B3OC(C)(C)C(C)(C)O3)c(F)c2)CCO1. The van der Waals surface area contributed by atoms with Crippen molar-refractivity contribution in [3.05, 3.63) is 24.0 Å². The average Bonchev–Trinajstić information content (AvgIpc) is 2.75. The highest BCUT2D eigenvalue weighted by atomic mass is 19.1. The molecule has 1 aromatic rings. The molecule has 4 nitrogen and oxygen atoms in total. The fourth-order valence-electron chi connectivity index (χ4n) is 3.19. The van der Waals surface area contributed by atoms with E-state index < -0.39 is 18.3 Å². The van der Waals surface area contributed by atoms with Crippen molar-refractivity contribution >= 4 is 18.3 Å². The molecule has 0 saturated carbocycles. The Balaban J connectivity index is 1.78. The zero-order valence-corrected chi connectivity index (χ0v) is 16.1. The normalized spacial score (nSPS) is 25.7. The zero-order chi connectivity index (χ0) is 18.4. The molecule has 25 heavy (non-hydrogen) atoms. The van der Waals surface area contributed by atoms with Gasteiger partial charge in [0.1, 0.15) is 5.82 Å². The fourth-order valence-corrected chi connectivity index (χ4v) is 3.19. The standard InChI is InChI=1S/C19H29BFNO3/c1-13(2)17-12-22(9-10-23-17)14-7-8-15(16(21)11-14)20-24-18(3,4)19(5,6)25-20/h7-8,11,13,17H,9-10,12H2,1-6H3/t17-/m1/s1. The van der Waals surface area contributed by atoms with E-state index in [0.717, 1.165) is 18.8 Å². The third-order valence-corrected chi connectivity index (χ3v) is 5.69. The minimum Gasteiger partial charge on any atom is -0.399 e. The number of benzene rings is 1. The molecule has 2 aliphatic rings. The van der Waals surface area contributed by atoms with Crippen LogP contribution in [0.25, 0.3) is 0 Å². The predicted octanol–water partition coefficient (Wildman–Crippen LogP) is 2.99. The summed E-state index contributed by atoms with van der Waals surface area (Å²) in [6, 6.07) is 5.32. The third-order valence-electron chi connectivity index (χ3n) is 5.69. The predicted molar refractivity (Wildman–Crippen MR) is 98.9 cm³/mol. The van der Waals surface area contributed by atoms with Crippen molar-refractivity contribution in [3.8, 4) is 0 Å². The molecule has 6 heteroatoms. The van der Waals surface area contributed by atoms with Gasteiger partial charge in [-0.1, -0.05) is 19.9 Å². The molecule has 1 atom stereocenters. The Morgan fingerprint density at radius 3 is 2.36 bits per heavy atom. The molecule has 0 spiro atoms. The highest BCUT2D eigenvalue weighted by Crippen LogP contribution is 2.36. The van der Waals surface area contributed by atoms with Gasteiger partial charge in [-0.2, -0.15) is 0 Å². The summed E-state index contributed by atoms with van der Waals surface area (Å²) >= 11 is 0. The van der Waals surface area contributed by atoms with Crippen LogP contribution in [-0.4, -0.2) is 44.1 Å². The molecule has 2 saturated heterocycles. The number of rotatable bonds is 3. The second-order valence-corrected chi connectivity index (χ2v) is 8.39. The summed E-state index contributed by atoms with van der Waals surface area (Å²) in [4.78, 5) is 2.19. The first-order valence-electron chi connectivity index (χ1n) is 9.12. The smallest absolute Gasteiger partial charge is 0.399 e. The Morgan fingerprint density at radius 1 is 1.16 bits per heavy atom. The molecular weight excluding hydrogens is 320 g/mol. The van der Waals surface area contributed by atoms with Crippen LogP contribution in [0.4, 0.5) is 10.1 Å². The molecule has 3 rings (SSSR count). The summed E-state index contributed by atoms with van der Waals surface area (Å²) in [7, 11) is -0.674. The number of morpholine rings is 1. The van der Waals surface area contributed by atoms with Crippen LogP contribution in [0, 0.1) is 11.7 Å². The van der Waals surface area contributed by atoms with Gasteiger partial charge in [-0.25, -0.2) is 4.39 Å². The molecule has 0 bridgehead atoms. The van der Waals surface area contributed by atoms with Crippen molar-refractivity contribution in [1.29, 1.82) is 0 Å². The molecule has 0 unspecified atom stereocenters. The van der Waals surface area contributed by atoms with Crippen LogP contribution in [-0.2, 0) is 14.0 Å². The maximum atomic E-state index is 14.8. The lowest BCUT2D eigenvalue weighted by Crippen LogP contribution is -2.45. The lowest BCUT2D eigenvalue weighted by atomic mass is 9.78. The molecule has 0 aliphatic carbocycles. The summed E-state index contributed by atoms with van der Waals surface area (Å²) in [6.45, 7) is 14.4. The number of nitrogens with zero attached hydrogens (tertiary/aromatic N) is 1. The molecular formula is C19H29BFNO3. The molecule has 1 aromatic carbocycles. The summed E-state index contributed by atoms with van der Waals surface area (Å²) in [5, 5.41) is 0.